The summed E-state index contributed by atoms with van der Waals surface area (Å²) in [5, 5.41) is 0. The predicted molar refractivity (Wildman–Crippen MR) is 84.0 cm³/mol. The van der Waals surface area contributed by atoms with Crippen LogP contribution in [0.15, 0.2) is 0 Å². The second kappa shape index (κ2) is 6.23. The van der Waals surface area contributed by atoms with Gasteiger partial charge in [0.15, 0.2) is 5.79 Å². The summed E-state index contributed by atoms with van der Waals surface area (Å²) in [6, 6.07) is 0. The minimum Gasteiger partial charge on any atom is -0.460 e. The van der Waals surface area contributed by atoms with Gasteiger partial charge in [-0.25, -0.2) is 4.79 Å². The molecule has 0 aromatic heterocycles. The lowest BCUT2D eigenvalue weighted by Gasteiger charge is -2.54. The maximum Gasteiger partial charge on any atom is 0.375 e. The molecule has 0 aromatic carbocycles. The van der Waals surface area contributed by atoms with Crippen LogP contribution in [0.25, 0.3) is 0 Å². The summed E-state index contributed by atoms with van der Waals surface area (Å²) in [6.45, 7) is 6.98. The third-order valence-corrected chi connectivity index (χ3v) is 6.32. The highest BCUT2D eigenvalue weighted by Crippen LogP contribution is 2.57. The van der Waals surface area contributed by atoms with E-state index in [0.717, 1.165) is 0 Å². The zero-order valence-electron chi connectivity index (χ0n) is 14.6. The van der Waals surface area contributed by atoms with Crippen LogP contribution in [-0.2, 0) is 28.6 Å². The first kappa shape index (κ1) is 17.5. The number of hydrogen-bond acceptors (Lipinski definition) is 6. The average Bonchev–Trinajstić information content (AvgIpc) is 3.03. The van der Waals surface area contributed by atoms with Crippen molar-refractivity contribution in [1.29, 1.82) is 0 Å². The van der Waals surface area contributed by atoms with Crippen LogP contribution < -0.4 is 0 Å². The lowest BCUT2D eigenvalue weighted by Crippen LogP contribution is -2.58. The number of hydrogen-bond donors (Lipinski definition) is 0. The molecule has 4 atom stereocenters. The molecule has 1 saturated heterocycles. The molecule has 24 heavy (non-hydrogen) atoms. The monoisotopic (exact) mass is 338 g/mol. The Kier molecular flexibility index (Phi) is 4.55. The van der Waals surface area contributed by atoms with Crippen molar-refractivity contribution >= 4 is 17.5 Å². The van der Waals surface area contributed by atoms with E-state index >= 15 is 0 Å². The first-order valence-electron chi connectivity index (χ1n) is 8.89. The molecule has 0 amide bonds. The molecular weight excluding hydrogens is 312 g/mol. The summed E-state index contributed by atoms with van der Waals surface area (Å²) in [5.41, 5.74) is -0.606. The van der Waals surface area contributed by atoms with Crippen molar-refractivity contribution < 1.29 is 28.6 Å². The number of carbonyl (C=O) groups excluding carboxylic acids is 3. The first-order chi connectivity index (χ1) is 11.4. The van der Waals surface area contributed by atoms with Gasteiger partial charge < -0.3 is 14.2 Å². The summed E-state index contributed by atoms with van der Waals surface area (Å²) in [4.78, 5) is 37.1. The topological polar surface area (TPSA) is 78.9 Å². The van der Waals surface area contributed by atoms with Gasteiger partial charge in [-0.1, -0.05) is 13.8 Å². The van der Waals surface area contributed by atoms with E-state index in [4.69, 9.17) is 14.2 Å². The average molecular weight is 338 g/mol. The Morgan fingerprint density at radius 3 is 2.50 bits per heavy atom. The SMILES string of the molecule is CCOC(=O)C(=O)C1CC[C@@H]2[C@@H](C)C3(CC[C@@]2(C)C1=O)OCCO3. The van der Waals surface area contributed by atoms with E-state index in [-0.39, 0.29) is 24.2 Å². The molecular formula is C18H26O6. The number of esters is 1. The molecule has 0 N–H and O–H groups in total. The number of carbonyl (C=O) groups is 3. The van der Waals surface area contributed by atoms with Crippen LogP contribution in [0, 0.1) is 23.2 Å². The van der Waals surface area contributed by atoms with Crippen molar-refractivity contribution in [3.8, 4) is 0 Å². The van der Waals surface area contributed by atoms with Gasteiger partial charge in [0, 0.05) is 17.8 Å². The van der Waals surface area contributed by atoms with Crippen LogP contribution in [0.1, 0.15) is 46.5 Å². The largest absolute Gasteiger partial charge is 0.460 e. The third kappa shape index (κ3) is 2.51. The van der Waals surface area contributed by atoms with Gasteiger partial charge in [0.25, 0.3) is 0 Å². The van der Waals surface area contributed by atoms with E-state index in [1.54, 1.807) is 6.92 Å². The maximum absolute atomic E-state index is 13.1. The molecule has 6 nitrogen and oxygen atoms in total. The molecule has 3 fully saturated rings. The normalized spacial score (nSPS) is 38.0. The van der Waals surface area contributed by atoms with E-state index < -0.39 is 28.9 Å². The second-order valence-corrected chi connectivity index (χ2v) is 7.40. The smallest absolute Gasteiger partial charge is 0.375 e. The molecule has 1 spiro atoms. The Balaban J connectivity index is 1.80. The van der Waals surface area contributed by atoms with Gasteiger partial charge in [0.1, 0.15) is 5.78 Å². The third-order valence-electron chi connectivity index (χ3n) is 6.32. The Morgan fingerprint density at radius 1 is 1.21 bits per heavy atom. The van der Waals surface area contributed by atoms with Crippen molar-refractivity contribution in [2.45, 2.75) is 52.2 Å². The summed E-state index contributed by atoms with van der Waals surface area (Å²) in [5.74, 6) is -2.95. The molecule has 3 aliphatic rings. The molecule has 0 aromatic rings. The fourth-order valence-corrected chi connectivity index (χ4v) is 4.93. The van der Waals surface area contributed by atoms with Crippen LogP contribution in [0.2, 0.25) is 0 Å². The fourth-order valence-electron chi connectivity index (χ4n) is 4.93. The zero-order valence-corrected chi connectivity index (χ0v) is 14.6. The Morgan fingerprint density at radius 2 is 1.88 bits per heavy atom. The maximum atomic E-state index is 13.1. The number of fused-ring (bicyclic) bond motifs is 1. The summed E-state index contributed by atoms with van der Waals surface area (Å²) in [6.07, 6.45) is 2.38. The Bertz CT molecular complexity index is 550. The van der Waals surface area contributed by atoms with Crippen molar-refractivity contribution in [2.24, 2.45) is 23.2 Å². The highest BCUT2D eigenvalue weighted by molar-refractivity contribution is 6.38. The predicted octanol–water partition coefficient (Wildman–Crippen LogP) is 1.89. The second-order valence-electron chi connectivity index (χ2n) is 7.40. The van der Waals surface area contributed by atoms with Crippen LogP contribution in [0.3, 0.4) is 0 Å². The van der Waals surface area contributed by atoms with E-state index in [2.05, 4.69) is 6.92 Å². The minimum absolute atomic E-state index is 0.0846. The highest BCUT2D eigenvalue weighted by atomic mass is 16.7. The highest BCUT2D eigenvalue weighted by Gasteiger charge is 2.61. The van der Waals surface area contributed by atoms with E-state index in [1.807, 2.05) is 6.92 Å². The van der Waals surface area contributed by atoms with Gasteiger partial charge in [-0.05, 0) is 32.1 Å². The standard InChI is InChI=1S/C18H26O6/c1-4-22-16(21)14(19)12-5-6-13-11(2)18(23-9-10-24-18)8-7-17(13,3)15(12)20/h11-13H,4-10H2,1-3H3/t11-,12?,13-,17-/m1/s1. The van der Waals surface area contributed by atoms with Crippen molar-refractivity contribution in [1.82, 2.24) is 0 Å². The molecule has 1 heterocycles. The molecule has 0 bridgehead atoms. The van der Waals surface area contributed by atoms with Crippen LogP contribution in [0.5, 0.6) is 0 Å². The molecule has 6 heteroatoms. The van der Waals surface area contributed by atoms with Crippen molar-refractivity contribution in [3.63, 3.8) is 0 Å². The zero-order chi connectivity index (χ0) is 17.5. The van der Waals surface area contributed by atoms with Crippen LogP contribution >= 0.6 is 0 Å². The molecule has 2 saturated carbocycles. The van der Waals surface area contributed by atoms with Gasteiger partial charge in [-0.15, -0.1) is 0 Å². The first-order valence-corrected chi connectivity index (χ1v) is 8.89. The summed E-state index contributed by atoms with van der Waals surface area (Å²) >= 11 is 0. The van der Waals surface area contributed by atoms with Crippen LogP contribution in [-0.4, -0.2) is 43.1 Å². The van der Waals surface area contributed by atoms with Gasteiger partial charge in [-0.3, -0.25) is 9.59 Å². The lowest BCUT2D eigenvalue weighted by molar-refractivity contribution is -0.244. The van der Waals surface area contributed by atoms with Gasteiger partial charge in [0.2, 0.25) is 5.78 Å². The Hall–Kier alpha value is -1.27. The molecule has 3 rings (SSSR count). The molecule has 1 unspecified atom stereocenters. The van der Waals surface area contributed by atoms with Gasteiger partial charge in [-0.2, -0.15) is 0 Å². The fraction of sp³-hybridized carbons (Fsp3) is 0.833. The lowest BCUT2D eigenvalue weighted by atomic mass is 9.52. The molecule has 0 radical (unpaired) electrons. The van der Waals surface area contributed by atoms with Crippen molar-refractivity contribution in [2.75, 3.05) is 19.8 Å². The Labute approximate surface area is 142 Å². The number of Topliss-reactive ketones (excluding diaryl/α,β-unsaturated/α-hetero) is 2. The van der Waals surface area contributed by atoms with Crippen LogP contribution in [0.4, 0.5) is 0 Å². The molecule has 1 aliphatic heterocycles. The number of ketones is 2. The van der Waals surface area contributed by atoms with Gasteiger partial charge >= 0.3 is 5.97 Å². The van der Waals surface area contributed by atoms with E-state index in [0.29, 0.717) is 38.9 Å². The summed E-state index contributed by atoms with van der Waals surface area (Å²) in [7, 11) is 0. The minimum atomic E-state index is -0.888. The van der Waals surface area contributed by atoms with Crippen molar-refractivity contribution in [3.05, 3.63) is 0 Å². The number of rotatable bonds is 3. The van der Waals surface area contributed by atoms with E-state index in [1.165, 1.54) is 0 Å². The number of ether oxygens (including phenoxy) is 3. The molecule has 134 valence electrons. The van der Waals surface area contributed by atoms with E-state index in [9.17, 15) is 14.4 Å². The van der Waals surface area contributed by atoms with Gasteiger partial charge in [0.05, 0.1) is 25.7 Å². The quantitative estimate of drug-likeness (QED) is 0.444. The summed E-state index contributed by atoms with van der Waals surface area (Å²) < 4.78 is 16.6. The molecule has 2 aliphatic carbocycles.